The maximum absolute atomic E-state index is 13.0. The fraction of sp³-hybridized carbons (Fsp3) is 0.136. The first-order chi connectivity index (χ1) is 13.2. The van der Waals surface area contributed by atoms with Crippen molar-refractivity contribution < 1.29 is 9.53 Å². The van der Waals surface area contributed by atoms with Crippen LogP contribution in [0.2, 0.25) is 0 Å². The molecule has 3 aromatic carbocycles. The van der Waals surface area contributed by atoms with Gasteiger partial charge in [0.25, 0.3) is 5.56 Å². The summed E-state index contributed by atoms with van der Waals surface area (Å²) in [6, 6.07) is 21.3. The van der Waals surface area contributed by atoms with Crippen molar-refractivity contribution in [2.24, 2.45) is 0 Å². The van der Waals surface area contributed by atoms with Gasteiger partial charge in [-0.1, -0.05) is 60.7 Å². The van der Waals surface area contributed by atoms with Crippen LogP contribution in [0.4, 0.5) is 0 Å². The minimum atomic E-state index is -0.695. The lowest BCUT2D eigenvalue weighted by Gasteiger charge is -2.13. The van der Waals surface area contributed by atoms with Gasteiger partial charge in [0, 0.05) is 5.39 Å². The van der Waals surface area contributed by atoms with Crippen molar-refractivity contribution in [1.82, 2.24) is 9.55 Å². The van der Waals surface area contributed by atoms with Crippen LogP contribution in [0.25, 0.3) is 21.8 Å². The Hall–Kier alpha value is -3.47. The van der Waals surface area contributed by atoms with Crippen molar-refractivity contribution in [1.29, 1.82) is 0 Å². The first-order valence-electron chi connectivity index (χ1n) is 8.82. The number of aromatic nitrogens is 2. The van der Waals surface area contributed by atoms with Crippen LogP contribution in [0.15, 0.2) is 71.5 Å². The van der Waals surface area contributed by atoms with Crippen LogP contribution in [0, 0.1) is 0 Å². The maximum Gasteiger partial charge on any atom is 0.362 e. The van der Waals surface area contributed by atoms with Gasteiger partial charge < -0.3 is 9.30 Å². The van der Waals surface area contributed by atoms with Gasteiger partial charge in [0.1, 0.15) is 0 Å². The summed E-state index contributed by atoms with van der Waals surface area (Å²) in [5, 5.41) is 1.89. The van der Waals surface area contributed by atoms with Gasteiger partial charge in [-0.3, -0.25) is 4.79 Å². The van der Waals surface area contributed by atoms with Gasteiger partial charge >= 0.3 is 5.97 Å². The topological polar surface area (TPSA) is 61.2 Å². The zero-order chi connectivity index (χ0) is 18.8. The monoisotopic (exact) mass is 358 g/mol. The van der Waals surface area contributed by atoms with Gasteiger partial charge in [0.05, 0.1) is 24.2 Å². The molecular weight excluding hydrogens is 340 g/mol. The van der Waals surface area contributed by atoms with Gasteiger partial charge in [-0.15, -0.1) is 0 Å². The van der Waals surface area contributed by atoms with Crippen molar-refractivity contribution in [3.05, 3.63) is 88.3 Å². The van der Waals surface area contributed by atoms with E-state index in [9.17, 15) is 9.59 Å². The number of rotatable bonds is 4. The number of fused-ring (bicyclic) bond motifs is 3. The number of nitrogens with zero attached hydrogens (tertiary/aromatic N) is 2. The lowest BCUT2D eigenvalue weighted by molar-refractivity contribution is 0.0517. The van der Waals surface area contributed by atoms with Crippen LogP contribution < -0.4 is 5.56 Å². The quantitative estimate of drug-likeness (QED) is 0.411. The number of carbonyl (C=O) groups is 1. The van der Waals surface area contributed by atoms with Crippen LogP contribution in [-0.2, 0) is 11.3 Å². The summed E-state index contributed by atoms with van der Waals surface area (Å²) < 4.78 is 6.65. The van der Waals surface area contributed by atoms with Crippen molar-refractivity contribution >= 4 is 27.8 Å². The second-order valence-electron chi connectivity index (χ2n) is 6.21. The Morgan fingerprint density at radius 3 is 2.52 bits per heavy atom. The van der Waals surface area contributed by atoms with E-state index in [1.54, 1.807) is 11.5 Å². The molecule has 5 heteroatoms. The van der Waals surface area contributed by atoms with E-state index in [-0.39, 0.29) is 12.3 Å². The van der Waals surface area contributed by atoms with Crippen molar-refractivity contribution in [2.45, 2.75) is 13.5 Å². The molecular formula is C22H18N2O3. The Morgan fingerprint density at radius 2 is 1.74 bits per heavy atom. The molecule has 4 aromatic rings. The molecule has 0 fully saturated rings. The van der Waals surface area contributed by atoms with E-state index in [2.05, 4.69) is 4.98 Å². The Labute approximate surface area is 155 Å². The number of carbonyl (C=O) groups excluding carboxylic acids is 1. The second kappa shape index (κ2) is 7.03. The van der Waals surface area contributed by atoms with E-state index in [1.165, 1.54) is 0 Å². The van der Waals surface area contributed by atoms with Crippen LogP contribution in [0.5, 0.6) is 0 Å². The predicted octanol–water partition coefficient (Wildman–Crippen LogP) is 3.77. The molecule has 0 N–H and O–H groups in total. The standard InChI is InChI=1S/C22H18N2O3/c1-2-27-22(26)20-21(25)24(14-15-8-4-3-5-9-15)18-13-12-16-10-6-7-11-17(16)19(18)23-20/h3-13H,2,14H2,1H3. The first-order valence-corrected chi connectivity index (χ1v) is 8.82. The van der Waals surface area contributed by atoms with Crippen LogP contribution in [0.1, 0.15) is 23.0 Å². The highest BCUT2D eigenvalue weighted by Gasteiger charge is 2.20. The number of ether oxygens (including phenoxy) is 1. The molecule has 0 saturated heterocycles. The molecule has 1 aromatic heterocycles. The maximum atomic E-state index is 13.0. The summed E-state index contributed by atoms with van der Waals surface area (Å²) in [6.07, 6.45) is 0. The van der Waals surface area contributed by atoms with Crippen LogP contribution >= 0.6 is 0 Å². The highest BCUT2D eigenvalue weighted by atomic mass is 16.5. The third-order valence-corrected chi connectivity index (χ3v) is 4.49. The summed E-state index contributed by atoms with van der Waals surface area (Å²) in [7, 11) is 0. The Kier molecular flexibility index (Phi) is 4.42. The summed E-state index contributed by atoms with van der Waals surface area (Å²) >= 11 is 0. The molecule has 0 unspecified atom stereocenters. The molecule has 0 bridgehead atoms. The third-order valence-electron chi connectivity index (χ3n) is 4.49. The zero-order valence-corrected chi connectivity index (χ0v) is 14.9. The van der Waals surface area contributed by atoms with Gasteiger partial charge in [-0.2, -0.15) is 0 Å². The number of esters is 1. The molecule has 27 heavy (non-hydrogen) atoms. The summed E-state index contributed by atoms with van der Waals surface area (Å²) in [5.41, 5.74) is 1.65. The Bertz CT molecular complexity index is 1200. The molecule has 0 spiro atoms. The molecule has 134 valence electrons. The highest BCUT2D eigenvalue weighted by Crippen LogP contribution is 2.23. The first kappa shape index (κ1) is 17.0. The van der Waals surface area contributed by atoms with Crippen molar-refractivity contribution in [3.63, 3.8) is 0 Å². The minimum Gasteiger partial charge on any atom is -0.461 e. The molecule has 5 nitrogen and oxygen atoms in total. The molecule has 0 aliphatic carbocycles. The van der Waals surface area contributed by atoms with Gasteiger partial charge in [-0.25, -0.2) is 9.78 Å². The highest BCUT2D eigenvalue weighted by molar-refractivity contribution is 6.05. The van der Waals surface area contributed by atoms with E-state index in [1.807, 2.05) is 66.7 Å². The fourth-order valence-corrected chi connectivity index (χ4v) is 3.23. The fourth-order valence-electron chi connectivity index (χ4n) is 3.23. The summed E-state index contributed by atoms with van der Waals surface area (Å²) in [6.45, 7) is 2.24. The van der Waals surface area contributed by atoms with Crippen LogP contribution in [-0.4, -0.2) is 22.1 Å². The third kappa shape index (κ3) is 3.08. The number of hydrogen-bond donors (Lipinski definition) is 0. The van der Waals surface area contributed by atoms with E-state index >= 15 is 0 Å². The van der Waals surface area contributed by atoms with Gasteiger partial charge in [0.15, 0.2) is 0 Å². The van der Waals surface area contributed by atoms with Crippen LogP contribution in [0.3, 0.4) is 0 Å². The molecule has 1 heterocycles. The van der Waals surface area contributed by atoms with Crippen molar-refractivity contribution in [3.8, 4) is 0 Å². The average molecular weight is 358 g/mol. The summed E-state index contributed by atoms with van der Waals surface area (Å²) in [4.78, 5) is 29.8. The molecule has 0 saturated carbocycles. The van der Waals surface area contributed by atoms with E-state index in [0.717, 1.165) is 16.3 Å². The van der Waals surface area contributed by atoms with E-state index < -0.39 is 11.5 Å². The normalized spacial score (nSPS) is 11.0. The zero-order valence-electron chi connectivity index (χ0n) is 14.9. The SMILES string of the molecule is CCOC(=O)c1nc2c3ccccc3ccc2n(Cc2ccccc2)c1=O. The van der Waals surface area contributed by atoms with E-state index in [4.69, 9.17) is 4.74 Å². The predicted molar refractivity (Wildman–Crippen MR) is 105 cm³/mol. The number of hydrogen-bond acceptors (Lipinski definition) is 4. The minimum absolute atomic E-state index is 0.184. The number of benzene rings is 3. The van der Waals surface area contributed by atoms with Gasteiger partial charge in [0.2, 0.25) is 5.69 Å². The van der Waals surface area contributed by atoms with Crippen molar-refractivity contribution in [2.75, 3.05) is 6.61 Å². The summed E-state index contributed by atoms with van der Waals surface area (Å²) in [5.74, 6) is -0.695. The molecule has 0 radical (unpaired) electrons. The molecule has 0 aliphatic heterocycles. The average Bonchev–Trinajstić information content (AvgIpc) is 2.70. The lowest BCUT2D eigenvalue weighted by Crippen LogP contribution is -2.30. The Morgan fingerprint density at radius 1 is 1.00 bits per heavy atom. The van der Waals surface area contributed by atoms with Gasteiger partial charge in [-0.05, 0) is 23.9 Å². The second-order valence-corrected chi connectivity index (χ2v) is 6.21. The molecule has 4 rings (SSSR count). The largest absolute Gasteiger partial charge is 0.461 e. The molecule has 0 amide bonds. The lowest BCUT2D eigenvalue weighted by atomic mass is 10.1. The smallest absolute Gasteiger partial charge is 0.362 e. The van der Waals surface area contributed by atoms with E-state index in [0.29, 0.717) is 17.6 Å². The Balaban J connectivity index is 2.04. The molecule has 0 aliphatic rings. The molecule has 0 atom stereocenters.